The lowest BCUT2D eigenvalue weighted by atomic mass is 9.84. The van der Waals surface area contributed by atoms with E-state index in [4.69, 9.17) is 9.84 Å². The quantitative estimate of drug-likeness (QED) is 0.0498. The summed E-state index contributed by atoms with van der Waals surface area (Å²) >= 11 is 0. The first-order valence-corrected chi connectivity index (χ1v) is 28.3. The zero-order chi connectivity index (χ0) is 59.1. The molecule has 0 aliphatic carbocycles. The molecule has 8 heteroatoms. The summed E-state index contributed by atoms with van der Waals surface area (Å²) in [6, 6.07) is 39.8. The second-order valence-corrected chi connectivity index (χ2v) is 22.3. The van der Waals surface area contributed by atoms with E-state index in [2.05, 4.69) is 181 Å². The molecule has 4 aromatic carbocycles. The zero-order valence-corrected chi connectivity index (χ0v) is 51.8. The summed E-state index contributed by atoms with van der Waals surface area (Å²) in [5.74, 6) is 2.00. The van der Waals surface area contributed by atoms with E-state index in [1.54, 1.807) is 27.7 Å². The second-order valence-electron chi connectivity index (χ2n) is 22.3. The van der Waals surface area contributed by atoms with Crippen LogP contribution in [-0.2, 0) is 33.4 Å². The minimum atomic E-state index is -0.875. The van der Waals surface area contributed by atoms with Crippen LogP contribution in [0.2, 0.25) is 0 Å². The Kier molecular flexibility index (Phi) is 76.7. The van der Waals surface area contributed by atoms with Crippen LogP contribution in [0.4, 0.5) is 0 Å². The van der Waals surface area contributed by atoms with Gasteiger partial charge in [-0.2, -0.15) is 0 Å². The van der Waals surface area contributed by atoms with Crippen molar-refractivity contribution in [2.75, 3.05) is 21.3 Å². The smallest absolute Gasteiger partial charge is 0.333 e. The van der Waals surface area contributed by atoms with Crippen LogP contribution in [-0.4, -0.2) is 50.3 Å². The Bertz CT molecular complexity index is 2360. The monoisotopic (exact) mass is 1250 g/mol. The molecule has 0 aromatic heterocycles. The molecule has 0 fully saturated rings. The van der Waals surface area contributed by atoms with Crippen molar-refractivity contribution < 1.29 is 38.5 Å². The molecule has 89 heavy (non-hydrogen) atoms. The third-order valence-corrected chi connectivity index (χ3v) is 15.5. The van der Waals surface area contributed by atoms with E-state index in [0.29, 0.717) is 47.5 Å². The fourth-order valence-corrected chi connectivity index (χ4v) is 8.30. The van der Waals surface area contributed by atoms with Gasteiger partial charge in [-0.15, -0.1) is 0 Å². The van der Waals surface area contributed by atoms with Gasteiger partial charge >= 0.3 is 23.9 Å². The van der Waals surface area contributed by atoms with E-state index in [1.165, 1.54) is 80.4 Å². The van der Waals surface area contributed by atoms with E-state index >= 15 is 0 Å². The van der Waals surface area contributed by atoms with Gasteiger partial charge in [-0.3, -0.25) is 9.59 Å². The van der Waals surface area contributed by atoms with E-state index in [-0.39, 0.29) is 106 Å². The highest BCUT2D eigenvalue weighted by molar-refractivity contribution is 5.89. The summed E-state index contributed by atoms with van der Waals surface area (Å²) < 4.78 is 13.9. The SMILES string of the molecule is C.C.C.C.C.C.C.C.C.C.C.C.CCC(C)(C)C(=O)OC.CCC(C)c1ccc(C(C)C/C(C)=C(/C)C(=O)OC)cc1.CCC(C)c1ccc(C(C)CC(CC)c2ccccc2)cc1.CCC(C)c1ccccc1.COC(=O)/C(C)=C(/C)CC(C)(C)C(=O)O. The largest absolute Gasteiger partial charge is 0.481 e. The van der Waals surface area contributed by atoms with Gasteiger partial charge in [0.25, 0.3) is 0 Å². The second kappa shape index (κ2) is 59.8. The molecule has 8 nitrogen and oxygen atoms in total. The van der Waals surface area contributed by atoms with Crippen molar-refractivity contribution in [3.63, 3.8) is 0 Å². The summed E-state index contributed by atoms with van der Waals surface area (Å²) in [6.45, 7) is 36.6. The van der Waals surface area contributed by atoms with Crippen LogP contribution >= 0.6 is 0 Å². The Morgan fingerprint density at radius 2 is 0.685 bits per heavy atom. The molecule has 6 atom stereocenters. The van der Waals surface area contributed by atoms with E-state index in [0.717, 1.165) is 36.0 Å². The van der Waals surface area contributed by atoms with Gasteiger partial charge in [0.2, 0.25) is 0 Å². The first-order chi connectivity index (χ1) is 36.2. The number of hydrogen-bond donors (Lipinski definition) is 1. The number of aliphatic carboxylic acids is 1. The topological polar surface area (TPSA) is 116 Å². The average Bonchev–Trinajstić information content (AvgIpc) is 3.45. The number of hydrogen-bond acceptors (Lipinski definition) is 7. The number of carboxylic acid groups (broad SMARTS) is 1. The lowest BCUT2D eigenvalue weighted by Crippen LogP contribution is -2.24. The predicted molar refractivity (Wildman–Crippen MR) is 405 cm³/mol. The molecule has 6 unspecified atom stereocenters. The minimum absolute atomic E-state index is 0. The molecular formula is C81H152O8. The first kappa shape index (κ1) is 114. The van der Waals surface area contributed by atoms with E-state index in [9.17, 15) is 19.2 Å². The van der Waals surface area contributed by atoms with Gasteiger partial charge in [0, 0.05) is 11.1 Å². The van der Waals surface area contributed by atoms with Crippen molar-refractivity contribution in [1.82, 2.24) is 0 Å². The summed E-state index contributed by atoms with van der Waals surface area (Å²) in [6.07, 6.45) is 8.06. The van der Waals surface area contributed by atoms with Crippen LogP contribution in [0.3, 0.4) is 0 Å². The third-order valence-electron chi connectivity index (χ3n) is 15.5. The molecule has 524 valence electrons. The van der Waals surface area contributed by atoms with Crippen molar-refractivity contribution in [1.29, 1.82) is 0 Å². The minimum Gasteiger partial charge on any atom is -0.481 e. The molecule has 4 rings (SSSR count). The summed E-state index contributed by atoms with van der Waals surface area (Å²) in [4.78, 5) is 44.4. The molecule has 4 aromatic rings. The fraction of sp³-hybridized carbons (Fsp3) is 0.605. The maximum absolute atomic E-state index is 11.5. The van der Waals surface area contributed by atoms with Crippen LogP contribution in [0.1, 0.15) is 334 Å². The van der Waals surface area contributed by atoms with Crippen LogP contribution in [0.15, 0.2) is 131 Å². The molecule has 0 aliphatic rings. The predicted octanol–water partition coefficient (Wildman–Crippen LogP) is 26.5. The molecule has 0 spiro atoms. The Morgan fingerprint density at radius 3 is 0.955 bits per heavy atom. The molecule has 0 amide bonds. The van der Waals surface area contributed by atoms with Gasteiger partial charge < -0.3 is 19.3 Å². The molecule has 0 heterocycles. The normalized spacial score (nSPS) is 12.1. The first-order valence-electron chi connectivity index (χ1n) is 28.3. The molecule has 0 saturated carbocycles. The molecule has 1 N–H and O–H groups in total. The third kappa shape index (κ3) is 42.0. The number of methoxy groups -OCH3 is 3. The van der Waals surface area contributed by atoms with Gasteiger partial charge in [0.15, 0.2) is 0 Å². The molecule has 0 aliphatic heterocycles. The van der Waals surface area contributed by atoms with Gasteiger partial charge in [-0.05, 0) is 176 Å². The lowest BCUT2D eigenvalue weighted by Gasteiger charge is -2.21. The lowest BCUT2D eigenvalue weighted by molar-refractivity contribution is -0.151. The summed E-state index contributed by atoms with van der Waals surface area (Å²) in [7, 11) is 4.15. The highest BCUT2D eigenvalue weighted by Gasteiger charge is 2.29. The zero-order valence-electron chi connectivity index (χ0n) is 51.8. The highest BCUT2D eigenvalue weighted by Crippen LogP contribution is 2.33. The average molecular weight is 1250 g/mol. The number of allylic oxidation sites excluding steroid dienone is 2. The number of esters is 3. The van der Waals surface area contributed by atoms with Crippen molar-refractivity contribution in [2.45, 2.75) is 301 Å². The highest BCUT2D eigenvalue weighted by atomic mass is 16.5. The van der Waals surface area contributed by atoms with E-state index in [1.807, 2.05) is 34.6 Å². The Balaban J connectivity index is -0.0000000738. The van der Waals surface area contributed by atoms with Crippen molar-refractivity contribution in [3.8, 4) is 0 Å². The molecule has 0 radical (unpaired) electrons. The van der Waals surface area contributed by atoms with Crippen molar-refractivity contribution in [2.24, 2.45) is 10.8 Å². The van der Waals surface area contributed by atoms with Crippen molar-refractivity contribution in [3.05, 3.63) is 165 Å². The molecular weight excluding hydrogens is 1100 g/mol. The Labute approximate surface area is 557 Å². The van der Waals surface area contributed by atoms with E-state index < -0.39 is 17.4 Å². The number of carbonyl (C=O) groups excluding carboxylic acids is 3. The number of rotatable bonds is 21. The Morgan fingerprint density at radius 1 is 0.393 bits per heavy atom. The maximum atomic E-state index is 11.5. The van der Waals surface area contributed by atoms with Crippen LogP contribution < -0.4 is 0 Å². The number of carboxylic acids is 1. The fourth-order valence-electron chi connectivity index (χ4n) is 8.30. The van der Waals surface area contributed by atoms with Crippen LogP contribution in [0.5, 0.6) is 0 Å². The van der Waals surface area contributed by atoms with Gasteiger partial charge in [0.05, 0.1) is 32.2 Å². The number of ether oxygens (including phenoxy) is 3. The standard InChI is InChI=1S/C22H30.C19H28O2.C11H18O4.C10H14.C7H14O2.12CH4/c1-5-17(3)20-12-14-21(15-13-20)18(4)16-19(6-2)22-10-8-7-9-11-22;1-7-13(2)17-8-10-18(11-9-17)15(4)12-14(3)16(5)19(20)21-6;1-7(8(2)9(12)15-5)6-11(3,4)10(13)14;1-3-9(2)10-7-5-4-6-8-10;1-5-7(2,3)6(8)9-4;;;;;;;;;;;;/h7-15,17-19H,5-6,16H2,1-4H3;8-11,13,15H,7,12H2,1-6H3;6H2,1-5H3,(H,13,14);4-9H,3H2,1-2H3;5H2,1-4H3;12*1H4/b;16-14-;8-7-;;;;;;;;;;;;;;. The van der Waals surface area contributed by atoms with Gasteiger partial charge in [-0.25, -0.2) is 9.59 Å². The van der Waals surface area contributed by atoms with Crippen molar-refractivity contribution >= 4 is 23.9 Å². The van der Waals surface area contributed by atoms with Crippen LogP contribution in [0.25, 0.3) is 0 Å². The number of carbonyl (C=O) groups is 4. The molecule has 0 bridgehead atoms. The summed E-state index contributed by atoms with van der Waals surface area (Å²) in [5.41, 5.74) is 10.5. The summed E-state index contributed by atoms with van der Waals surface area (Å²) in [5, 5.41) is 8.93. The maximum Gasteiger partial charge on any atom is 0.333 e. The molecule has 0 saturated heterocycles. The van der Waals surface area contributed by atoms with Gasteiger partial charge in [-0.1, -0.05) is 279 Å². The van der Waals surface area contributed by atoms with Crippen LogP contribution in [0, 0.1) is 10.8 Å². The Hall–Kier alpha value is -5.76. The number of benzene rings is 4. The van der Waals surface area contributed by atoms with Gasteiger partial charge in [0.1, 0.15) is 0 Å².